The van der Waals surface area contributed by atoms with Crippen LogP contribution in [0.3, 0.4) is 0 Å². The Labute approximate surface area is 185 Å². The van der Waals surface area contributed by atoms with Crippen LogP contribution in [0.15, 0.2) is 41.6 Å². The molecule has 1 saturated heterocycles. The molecule has 160 valence electrons. The maximum absolute atomic E-state index is 12.7. The van der Waals surface area contributed by atoms with E-state index in [-0.39, 0.29) is 10.9 Å². The molecule has 0 unspecified atom stereocenters. The minimum atomic E-state index is -3.54. The number of thiophene rings is 1. The summed E-state index contributed by atoms with van der Waals surface area (Å²) in [5, 5.41) is 4.15. The molecule has 7 nitrogen and oxygen atoms in total. The first kappa shape index (κ1) is 20.3. The Morgan fingerprint density at radius 3 is 2.55 bits per heavy atom. The zero-order chi connectivity index (χ0) is 21.6. The van der Waals surface area contributed by atoms with Gasteiger partial charge in [0.25, 0.3) is 0 Å². The van der Waals surface area contributed by atoms with Crippen LogP contribution in [0.2, 0.25) is 0 Å². The third-order valence-corrected chi connectivity index (χ3v) is 8.16. The number of rotatable bonds is 4. The number of fused-ring (bicyclic) bond motifs is 3. The summed E-state index contributed by atoms with van der Waals surface area (Å²) in [6, 6.07) is 12.1. The molecule has 31 heavy (non-hydrogen) atoms. The van der Waals surface area contributed by atoms with Gasteiger partial charge in [0, 0.05) is 37.1 Å². The molecule has 1 N–H and O–H groups in total. The van der Waals surface area contributed by atoms with E-state index in [1.807, 2.05) is 43.3 Å². The van der Waals surface area contributed by atoms with Gasteiger partial charge in [0.05, 0.1) is 21.7 Å². The normalized spacial score (nSPS) is 15.1. The Bertz CT molecular complexity index is 1380. The molecular formula is C22H23N5O2S2. The van der Waals surface area contributed by atoms with Gasteiger partial charge in [-0.3, -0.25) is 0 Å². The summed E-state index contributed by atoms with van der Waals surface area (Å²) in [5.41, 5.74) is 3.66. The van der Waals surface area contributed by atoms with Gasteiger partial charge >= 0.3 is 0 Å². The Kier molecular flexibility index (Phi) is 5.11. The summed E-state index contributed by atoms with van der Waals surface area (Å²) in [6.07, 6.45) is 0. The lowest BCUT2D eigenvalue weighted by Crippen LogP contribution is -2.44. The molecule has 1 aliphatic rings. The van der Waals surface area contributed by atoms with Crippen molar-refractivity contribution in [3.8, 4) is 11.3 Å². The zero-order valence-electron chi connectivity index (χ0n) is 17.4. The molecule has 1 aliphatic heterocycles. The summed E-state index contributed by atoms with van der Waals surface area (Å²) in [5.74, 6) is 0.666. The van der Waals surface area contributed by atoms with Crippen molar-refractivity contribution in [2.45, 2.75) is 19.0 Å². The van der Waals surface area contributed by atoms with Crippen LogP contribution in [0.4, 0.5) is 5.82 Å². The highest BCUT2D eigenvalue weighted by Gasteiger charge is 2.25. The predicted molar refractivity (Wildman–Crippen MR) is 126 cm³/mol. The molecule has 0 aliphatic carbocycles. The van der Waals surface area contributed by atoms with Crippen LogP contribution in [0.25, 0.3) is 31.7 Å². The van der Waals surface area contributed by atoms with Crippen molar-refractivity contribution in [3.63, 3.8) is 0 Å². The molecule has 4 heterocycles. The Morgan fingerprint density at radius 1 is 1.10 bits per heavy atom. The molecule has 4 aromatic rings. The van der Waals surface area contributed by atoms with Crippen LogP contribution in [-0.2, 0) is 9.84 Å². The largest absolute Gasteiger partial charge is 0.353 e. The van der Waals surface area contributed by atoms with Gasteiger partial charge in [-0.25, -0.2) is 18.4 Å². The number of nitrogens with zero attached hydrogens (tertiary/aromatic N) is 4. The van der Waals surface area contributed by atoms with Crippen molar-refractivity contribution in [1.29, 1.82) is 0 Å². The first-order valence-electron chi connectivity index (χ1n) is 10.3. The van der Waals surface area contributed by atoms with Gasteiger partial charge in [0.2, 0.25) is 15.0 Å². The van der Waals surface area contributed by atoms with Crippen molar-refractivity contribution in [1.82, 2.24) is 20.3 Å². The number of aryl methyl sites for hydroxylation is 1. The Morgan fingerprint density at radius 2 is 1.84 bits per heavy atom. The third-order valence-electron chi connectivity index (χ3n) is 5.59. The number of anilines is 1. The summed E-state index contributed by atoms with van der Waals surface area (Å²) in [7, 11) is -3.54. The van der Waals surface area contributed by atoms with Crippen LogP contribution in [0, 0.1) is 6.92 Å². The van der Waals surface area contributed by atoms with Crippen molar-refractivity contribution in [3.05, 3.63) is 42.0 Å². The first-order chi connectivity index (χ1) is 15.0. The Balaban J connectivity index is 1.80. The maximum Gasteiger partial charge on any atom is 0.249 e. The lowest BCUT2D eigenvalue weighted by molar-refractivity contribution is 0.578. The fraction of sp³-hybridized carbons (Fsp3) is 0.318. The van der Waals surface area contributed by atoms with Crippen molar-refractivity contribution in [2.75, 3.05) is 36.8 Å². The molecule has 3 aromatic heterocycles. The van der Waals surface area contributed by atoms with E-state index < -0.39 is 9.84 Å². The van der Waals surface area contributed by atoms with E-state index in [9.17, 15) is 8.42 Å². The van der Waals surface area contributed by atoms with Crippen LogP contribution in [0.1, 0.15) is 12.5 Å². The number of sulfone groups is 1. The fourth-order valence-corrected chi connectivity index (χ4v) is 5.82. The predicted octanol–water partition coefficient (Wildman–Crippen LogP) is 3.42. The minimum absolute atomic E-state index is 0.0308. The van der Waals surface area contributed by atoms with E-state index in [1.165, 1.54) is 11.3 Å². The van der Waals surface area contributed by atoms with Crippen LogP contribution >= 0.6 is 11.3 Å². The molecule has 5 rings (SSSR count). The van der Waals surface area contributed by atoms with E-state index in [0.29, 0.717) is 11.3 Å². The average molecular weight is 454 g/mol. The van der Waals surface area contributed by atoms with Crippen LogP contribution < -0.4 is 10.2 Å². The minimum Gasteiger partial charge on any atom is -0.353 e. The second-order valence-electron chi connectivity index (χ2n) is 7.62. The van der Waals surface area contributed by atoms with Crippen LogP contribution in [-0.4, -0.2) is 55.3 Å². The summed E-state index contributed by atoms with van der Waals surface area (Å²) in [4.78, 5) is 17.0. The lowest BCUT2D eigenvalue weighted by Gasteiger charge is -2.28. The maximum atomic E-state index is 12.7. The first-order valence-corrected chi connectivity index (χ1v) is 12.8. The smallest absolute Gasteiger partial charge is 0.249 e. The van der Waals surface area contributed by atoms with E-state index >= 15 is 0 Å². The molecule has 0 spiro atoms. The number of pyridine rings is 1. The number of piperazine rings is 1. The van der Waals surface area contributed by atoms with Gasteiger partial charge in [-0.1, -0.05) is 37.3 Å². The molecule has 1 fully saturated rings. The number of benzene rings is 1. The van der Waals surface area contributed by atoms with Gasteiger partial charge in [0.1, 0.15) is 4.83 Å². The molecule has 0 saturated carbocycles. The summed E-state index contributed by atoms with van der Waals surface area (Å²) >= 11 is 1.54. The molecular weight excluding hydrogens is 430 g/mol. The topological polar surface area (TPSA) is 88.1 Å². The van der Waals surface area contributed by atoms with Crippen LogP contribution in [0.5, 0.6) is 0 Å². The van der Waals surface area contributed by atoms with E-state index in [0.717, 1.165) is 57.9 Å². The summed E-state index contributed by atoms with van der Waals surface area (Å²) in [6.45, 7) is 6.87. The number of hydrogen-bond acceptors (Lipinski definition) is 8. The quantitative estimate of drug-likeness (QED) is 0.474. The lowest BCUT2D eigenvalue weighted by atomic mass is 10.1. The second kappa shape index (κ2) is 7.81. The highest BCUT2D eigenvalue weighted by molar-refractivity contribution is 7.91. The van der Waals surface area contributed by atoms with Gasteiger partial charge in [-0.05, 0) is 18.6 Å². The van der Waals surface area contributed by atoms with E-state index in [4.69, 9.17) is 4.98 Å². The number of hydrogen-bond donors (Lipinski definition) is 1. The Hall–Kier alpha value is -2.62. The van der Waals surface area contributed by atoms with Crippen molar-refractivity contribution < 1.29 is 8.42 Å². The molecule has 0 amide bonds. The summed E-state index contributed by atoms with van der Waals surface area (Å²) < 4.78 is 26.3. The highest BCUT2D eigenvalue weighted by atomic mass is 32.2. The SMILES string of the molecule is CCS(=O)(=O)c1nc(N2CCNCC2)c2sc3nc(-c4ccccc4)cc(C)c3c2n1. The average Bonchev–Trinajstić information content (AvgIpc) is 3.18. The number of aromatic nitrogens is 3. The van der Waals surface area contributed by atoms with Crippen molar-refractivity contribution in [2.24, 2.45) is 0 Å². The van der Waals surface area contributed by atoms with Crippen molar-refractivity contribution >= 4 is 47.4 Å². The standard InChI is InChI=1S/C22H23N5O2S2/c1-3-31(28,29)22-25-18-17-14(2)13-16(15-7-5-4-6-8-15)24-21(17)30-19(18)20(26-22)27-11-9-23-10-12-27/h4-8,13,23H,3,9-12H2,1-2H3. The fourth-order valence-electron chi connectivity index (χ4n) is 3.90. The molecule has 1 aromatic carbocycles. The zero-order valence-corrected chi connectivity index (χ0v) is 19.1. The van der Waals surface area contributed by atoms with Gasteiger partial charge in [0.15, 0.2) is 5.82 Å². The monoisotopic (exact) mass is 453 g/mol. The van der Waals surface area contributed by atoms with Gasteiger partial charge < -0.3 is 10.2 Å². The highest BCUT2D eigenvalue weighted by Crippen LogP contribution is 2.40. The van der Waals surface area contributed by atoms with E-state index in [1.54, 1.807) is 6.92 Å². The third kappa shape index (κ3) is 3.56. The molecule has 0 bridgehead atoms. The van der Waals surface area contributed by atoms with Gasteiger partial charge in [-0.15, -0.1) is 11.3 Å². The molecule has 0 radical (unpaired) electrons. The van der Waals surface area contributed by atoms with Gasteiger partial charge in [-0.2, -0.15) is 4.98 Å². The molecule has 9 heteroatoms. The van der Waals surface area contributed by atoms with E-state index in [2.05, 4.69) is 20.2 Å². The second-order valence-corrected chi connectivity index (χ2v) is 10.8. The molecule has 0 atom stereocenters. The number of nitrogens with one attached hydrogen (secondary N) is 1.